The molecule has 11 aromatic heterocycles. The number of carbonyl (C=O) groups is 1. The van der Waals surface area contributed by atoms with Gasteiger partial charge in [0.2, 0.25) is 0 Å². The van der Waals surface area contributed by atoms with E-state index in [1.165, 1.54) is 5.39 Å². The number of aliphatic hydroxyl groups is 2. The van der Waals surface area contributed by atoms with Gasteiger partial charge < -0.3 is 43.6 Å². The first kappa shape index (κ1) is 97.7. The molecule has 722 valence electrons. The van der Waals surface area contributed by atoms with Crippen LogP contribution in [0.2, 0.25) is 0 Å². The number of aromatic nitrogens is 18. The normalized spacial score (nSPS) is 11.6. The molecule has 143 heavy (non-hydrogen) atoms. The average Bonchev–Trinajstić information content (AvgIpc) is 1.66. The Balaban J connectivity index is 0.000000123. The maximum atomic E-state index is 11.5. The van der Waals surface area contributed by atoms with Gasteiger partial charge in [0.15, 0.2) is 28.7 Å². The summed E-state index contributed by atoms with van der Waals surface area (Å²) in [7, 11) is 0. The van der Waals surface area contributed by atoms with Crippen LogP contribution in [0.4, 0.5) is 0 Å². The second-order valence-corrected chi connectivity index (χ2v) is 37.2. The van der Waals surface area contributed by atoms with Gasteiger partial charge in [-0.3, -0.25) is 42.6 Å². The topological polar surface area (TPSA) is 308 Å². The minimum atomic E-state index is -0.882. The number of nitrogens with one attached hydrogen (secondary N) is 1. The van der Waals surface area contributed by atoms with Gasteiger partial charge in [-0.15, -0.1) is 0 Å². The monoisotopic (exact) mass is 1900 g/mol. The van der Waals surface area contributed by atoms with Gasteiger partial charge in [-0.1, -0.05) is 78.9 Å². The van der Waals surface area contributed by atoms with Gasteiger partial charge in [-0.2, -0.15) is 0 Å². The van der Waals surface area contributed by atoms with Crippen LogP contribution in [0.1, 0.15) is 139 Å². The third kappa shape index (κ3) is 23.8. The van der Waals surface area contributed by atoms with E-state index in [9.17, 15) is 15.0 Å². The summed E-state index contributed by atoms with van der Waals surface area (Å²) in [5.41, 5.74) is 22.7. The van der Waals surface area contributed by atoms with Crippen molar-refractivity contribution in [2.45, 2.75) is 166 Å². The lowest BCUT2D eigenvalue weighted by Crippen LogP contribution is -2.14. The molecule has 3 N–H and O–H groups in total. The van der Waals surface area contributed by atoms with E-state index >= 15 is 0 Å². The molecule has 0 bridgehead atoms. The van der Waals surface area contributed by atoms with Crippen LogP contribution in [0, 0.1) is 0 Å². The lowest BCUT2D eigenvalue weighted by Gasteiger charge is -2.17. The van der Waals surface area contributed by atoms with Gasteiger partial charge >= 0.3 is 0 Å². The molecule has 0 fully saturated rings. The standard InChI is InChI=1S/C24H25N3O2.2C23H24N4O2.C23H20N4O.C23H21N3O2/c1-16(2)28-20-9-5-18(6-10-20)22-13-24-23(14-25-22)26-15-27(24)19-7-11-21(12-8-19)29-17(3)4;2*1-15(2)29-19-11-9-18(10-12-19)27-14-25-20-13-24-21(26-22(20)27)16-5-7-17(8-6-16)23(3,4)28;1-15(2)28-19-6-4-18(5-7-19)27-14-26-22-13-25-21(12-23(22)27)16-3-8-20-17(11-16)9-10-24-20;1-15(2)28-20-10-8-19(9-11-20)26-14-25-22-13-24-21(12-23(22)26)18-6-4-17(5-7-18)16(3)27/h5-17H,1-4H3;2*5-15,28H,1-4H3;3-15,24H,1-2H3;4-15H,1-3H3. The number of Topliss-reactive ketones (excluding diaryl/α,β-unsaturated/α-hetero) is 1. The van der Waals surface area contributed by atoms with Crippen molar-refractivity contribution >= 4 is 72.1 Å². The number of imidazole rings is 5. The van der Waals surface area contributed by atoms with Gasteiger partial charge in [0, 0.05) is 78.9 Å². The number of rotatable bonds is 25. The highest BCUT2D eigenvalue weighted by Crippen LogP contribution is 2.35. The Labute approximate surface area is 829 Å². The van der Waals surface area contributed by atoms with Crippen molar-refractivity contribution in [3.63, 3.8) is 0 Å². The summed E-state index contributed by atoms with van der Waals surface area (Å²) in [5, 5.41) is 21.5. The predicted molar refractivity (Wildman–Crippen MR) is 564 cm³/mol. The number of benzene rings is 10. The van der Waals surface area contributed by atoms with Crippen LogP contribution in [0.3, 0.4) is 0 Å². The molecule has 27 nitrogen and oxygen atoms in total. The van der Waals surface area contributed by atoms with Gasteiger partial charge in [0.25, 0.3) is 0 Å². The van der Waals surface area contributed by atoms with Crippen molar-refractivity contribution in [2.75, 3.05) is 0 Å². The molecular formula is C116H114N18O9. The Bertz CT molecular complexity index is 7730. The van der Waals surface area contributed by atoms with Gasteiger partial charge in [-0.25, -0.2) is 44.9 Å². The van der Waals surface area contributed by atoms with E-state index in [1.54, 1.807) is 72.2 Å². The third-order valence-corrected chi connectivity index (χ3v) is 23.0. The van der Waals surface area contributed by atoms with Crippen LogP contribution in [-0.2, 0) is 11.2 Å². The first-order valence-electron chi connectivity index (χ1n) is 47.7. The zero-order chi connectivity index (χ0) is 100. The van der Waals surface area contributed by atoms with Crippen molar-refractivity contribution in [1.82, 2.24) is 87.6 Å². The number of H-pyrrole nitrogens is 1. The number of carbonyl (C=O) groups excluding carboxylic acids is 1. The highest BCUT2D eigenvalue weighted by atomic mass is 16.5. The second-order valence-electron chi connectivity index (χ2n) is 37.2. The van der Waals surface area contributed by atoms with E-state index in [2.05, 4.69) is 100 Å². The van der Waals surface area contributed by atoms with E-state index in [-0.39, 0.29) is 42.4 Å². The Morgan fingerprint density at radius 2 is 0.559 bits per heavy atom. The van der Waals surface area contributed by atoms with Crippen LogP contribution >= 0.6 is 0 Å². The summed E-state index contributed by atoms with van der Waals surface area (Å²) in [5.74, 6) is 6.37. The number of fused-ring (bicyclic) bond motifs is 6. The molecule has 0 saturated heterocycles. The SMILES string of the molecule is CC(=O)c1ccc(-c2cc3c(cn2)ncn3-c2ccc(OC(C)C)cc2)cc1.CC(C)Oc1ccc(-c2cc3c(cn2)ncn3-c2ccc(OC(C)C)cc2)cc1.CC(C)Oc1ccc(-n2cnc3cnc(-c4ccc(C(C)(C)O)cc4)nc32)cc1.CC(C)Oc1ccc(-n2cnc3cnc(-c4ccc(C(C)(C)O)cc4)nc32)cc1.CC(C)Oc1ccc(-n2cnc3cnc(-c4ccc5[nH]ccc5c4)cc32)cc1. The Morgan fingerprint density at radius 1 is 0.294 bits per heavy atom. The lowest BCUT2D eigenvalue weighted by atomic mass is 9.97. The summed E-state index contributed by atoms with van der Waals surface area (Å²) in [4.78, 5) is 69.1. The van der Waals surface area contributed by atoms with Gasteiger partial charge in [0.05, 0.1) is 112 Å². The zero-order valence-electron chi connectivity index (χ0n) is 83.0. The van der Waals surface area contributed by atoms with Crippen LogP contribution in [0.15, 0.2) is 330 Å². The first-order valence-corrected chi connectivity index (χ1v) is 47.7. The summed E-state index contributed by atoms with van der Waals surface area (Å²) >= 11 is 0. The summed E-state index contributed by atoms with van der Waals surface area (Å²) in [6.45, 7) is 32.8. The minimum Gasteiger partial charge on any atom is -0.491 e. The predicted octanol–water partition coefficient (Wildman–Crippen LogP) is 25.1. The Kier molecular flexibility index (Phi) is 29.3. The number of pyridine rings is 3. The maximum absolute atomic E-state index is 11.5. The van der Waals surface area contributed by atoms with Crippen molar-refractivity contribution in [2.24, 2.45) is 0 Å². The van der Waals surface area contributed by atoms with Crippen molar-refractivity contribution in [1.29, 1.82) is 0 Å². The molecule has 0 aliphatic rings. The summed E-state index contributed by atoms with van der Waals surface area (Å²) in [6, 6.07) is 85.2. The van der Waals surface area contributed by atoms with Crippen LogP contribution in [0.25, 0.3) is 151 Å². The van der Waals surface area contributed by atoms with E-state index in [4.69, 9.17) is 38.4 Å². The van der Waals surface area contributed by atoms with E-state index in [1.807, 2.05) is 352 Å². The highest BCUT2D eigenvalue weighted by Gasteiger charge is 2.22. The molecular weight excluding hydrogens is 1790 g/mol. The second kappa shape index (κ2) is 42.8. The lowest BCUT2D eigenvalue weighted by molar-refractivity contribution is 0.0780. The highest BCUT2D eigenvalue weighted by molar-refractivity contribution is 5.95. The van der Waals surface area contributed by atoms with Crippen molar-refractivity contribution in [3.05, 3.63) is 346 Å². The largest absolute Gasteiger partial charge is 0.491 e. The molecule has 0 unspecified atom stereocenters. The number of ether oxygens (including phenoxy) is 6. The molecule has 21 rings (SSSR count). The Morgan fingerprint density at radius 3 is 0.867 bits per heavy atom. The van der Waals surface area contributed by atoms with Gasteiger partial charge in [-0.05, 0) is 311 Å². The van der Waals surface area contributed by atoms with Crippen molar-refractivity contribution in [3.8, 4) is 119 Å². The molecule has 0 aliphatic heterocycles. The molecule has 21 aromatic rings. The summed E-state index contributed by atoms with van der Waals surface area (Å²) in [6.07, 6.45) is 20.7. The molecule has 0 aliphatic carbocycles. The molecule has 0 saturated carbocycles. The molecule has 0 atom stereocenters. The minimum absolute atomic E-state index is 0.0536. The average molecular weight is 1900 g/mol. The first-order chi connectivity index (χ1) is 68.8. The van der Waals surface area contributed by atoms with Crippen molar-refractivity contribution < 1.29 is 43.4 Å². The number of hydrogen-bond acceptors (Lipinski definition) is 21. The fourth-order valence-electron chi connectivity index (χ4n) is 16.0. The maximum Gasteiger partial charge on any atom is 0.168 e. The van der Waals surface area contributed by atoms with E-state index < -0.39 is 11.2 Å². The molecule has 10 aromatic carbocycles. The molecule has 0 amide bonds. The zero-order valence-corrected chi connectivity index (χ0v) is 83.0. The van der Waals surface area contributed by atoms with Gasteiger partial charge in [0.1, 0.15) is 93.7 Å². The number of hydrogen-bond donors (Lipinski definition) is 3. The molecule has 27 heteroatoms. The fourth-order valence-corrected chi connectivity index (χ4v) is 16.0. The third-order valence-electron chi connectivity index (χ3n) is 23.0. The smallest absolute Gasteiger partial charge is 0.168 e. The molecule has 11 heterocycles. The number of aromatic amines is 1. The Hall–Kier alpha value is -16.9. The number of nitrogens with zero attached hydrogens (tertiary/aromatic N) is 17. The van der Waals surface area contributed by atoms with Crippen LogP contribution < -0.4 is 28.4 Å². The van der Waals surface area contributed by atoms with Crippen LogP contribution in [-0.4, -0.2) is 140 Å². The van der Waals surface area contributed by atoms with E-state index in [0.29, 0.717) is 17.2 Å². The van der Waals surface area contributed by atoms with E-state index in [0.717, 1.165) is 180 Å². The molecule has 0 spiro atoms. The van der Waals surface area contributed by atoms with Crippen LogP contribution in [0.5, 0.6) is 34.5 Å². The molecule has 0 radical (unpaired) electrons. The number of ketones is 1. The quantitative estimate of drug-likeness (QED) is 0.0448. The fraction of sp³-hybridized carbons (Fsp3) is 0.216. The summed E-state index contributed by atoms with van der Waals surface area (Å²) < 4.78 is 44.4.